The molecule has 2 aromatic carbocycles. The third kappa shape index (κ3) is 6.27. The van der Waals surface area contributed by atoms with E-state index in [0.717, 1.165) is 5.56 Å². The van der Waals surface area contributed by atoms with Gasteiger partial charge in [0.15, 0.2) is 16.6 Å². The van der Waals surface area contributed by atoms with Crippen LogP contribution in [0.2, 0.25) is 0 Å². The molecule has 180 valence electrons. The lowest BCUT2D eigenvalue weighted by Crippen LogP contribution is -2.34. The van der Waals surface area contributed by atoms with E-state index in [1.165, 1.54) is 0 Å². The maximum absolute atomic E-state index is 12.9. The minimum atomic E-state index is -0.411. The molecular formula is C25H28N2O6S. The summed E-state index contributed by atoms with van der Waals surface area (Å²) in [5, 5.41) is 15.0. The molecule has 0 unspecified atom stereocenters. The van der Waals surface area contributed by atoms with Crippen LogP contribution >= 0.6 is 12.2 Å². The van der Waals surface area contributed by atoms with Crippen LogP contribution < -0.4 is 24.8 Å². The number of ether oxygens (including phenoxy) is 3. The Morgan fingerprint density at radius 2 is 1.56 bits per heavy atom. The van der Waals surface area contributed by atoms with E-state index in [0.29, 0.717) is 59.8 Å². The molecule has 1 amide bonds. The minimum Gasteiger partial charge on any atom is -0.490 e. The molecule has 8 nitrogen and oxygen atoms in total. The number of anilines is 1. The predicted molar refractivity (Wildman–Crippen MR) is 134 cm³/mol. The molecule has 0 radical (unpaired) electrons. The highest BCUT2D eigenvalue weighted by molar-refractivity contribution is 7.80. The first-order chi connectivity index (χ1) is 16.5. The van der Waals surface area contributed by atoms with Gasteiger partial charge in [0, 0.05) is 16.8 Å². The fourth-order valence-electron chi connectivity index (χ4n) is 3.19. The Kier molecular flexibility index (Phi) is 8.89. The molecule has 1 heterocycles. The molecule has 3 aromatic rings. The van der Waals surface area contributed by atoms with Crippen molar-refractivity contribution in [1.82, 2.24) is 5.32 Å². The molecule has 0 spiro atoms. The first-order valence-corrected chi connectivity index (χ1v) is 11.4. The van der Waals surface area contributed by atoms with Crippen LogP contribution in [0.1, 0.15) is 36.9 Å². The molecule has 0 aliphatic rings. The number of furan rings is 1. The summed E-state index contributed by atoms with van der Waals surface area (Å²) in [4.78, 5) is 12.9. The molecule has 0 aliphatic heterocycles. The highest BCUT2D eigenvalue weighted by Gasteiger charge is 2.19. The zero-order valence-electron chi connectivity index (χ0n) is 19.3. The number of amides is 1. The van der Waals surface area contributed by atoms with E-state index >= 15 is 0 Å². The van der Waals surface area contributed by atoms with E-state index < -0.39 is 5.91 Å². The first kappa shape index (κ1) is 25.1. The third-order valence-corrected chi connectivity index (χ3v) is 4.85. The van der Waals surface area contributed by atoms with E-state index in [2.05, 4.69) is 10.6 Å². The van der Waals surface area contributed by atoms with Crippen molar-refractivity contribution < 1.29 is 28.5 Å². The number of hydrogen-bond acceptors (Lipinski definition) is 7. The maximum atomic E-state index is 12.9. The van der Waals surface area contributed by atoms with Gasteiger partial charge in [0.25, 0.3) is 5.91 Å². The largest absolute Gasteiger partial charge is 0.490 e. The van der Waals surface area contributed by atoms with Crippen LogP contribution in [-0.4, -0.2) is 35.9 Å². The van der Waals surface area contributed by atoms with Gasteiger partial charge in [-0.1, -0.05) is 0 Å². The van der Waals surface area contributed by atoms with Gasteiger partial charge in [0.1, 0.15) is 18.1 Å². The summed E-state index contributed by atoms with van der Waals surface area (Å²) >= 11 is 5.32. The third-order valence-electron chi connectivity index (χ3n) is 4.64. The Morgan fingerprint density at radius 3 is 2.09 bits per heavy atom. The number of nitrogens with one attached hydrogen (secondary N) is 2. The lowest BCUT2D eigenvalue weighted by Gasteiger charge is -2.17. The van der Waals surface area contributed by atoms with Crippen LogP contribution in [0.5, 0.6) is 17.2 Å². The van der Waals surface area contributed by atoms with Crippen molar-refractivity contribution in [3.63, 3.8) is 0 Å². The van der Waals surface area contributed by atoms with Crippen LogP contribution in [0.25, 0.3) is 11.3 Å². The normalized spacial score (nSPS) is 10.5. The Balaban J connectivity index is 1.70. The maximum Gasteiger partial charge on any atom is 0.257 e. The fraction of sp³-hybridized carbons (Fsp3) is 0.280. The highest BCUT2D eigenvalue weighted by Crippen LogP contribution is 2.39. The lowest BCUT2D eigenvalue weighted by molar-refractivity contribution is 0.0976. The Bertz CT molecular complexity index is 1100. The van der Waals surface area contributed by atoms with Crippen molar-refractivity contribution >= 4 is 28.9 Å². The van der Waals surface area contributed by atoms with Gasteiger partial charge in [-0.15, -0.1) is 0 Å². The van der Waals surface area contributed by atoms with Crippen molar-refractivity contribution in [2.75, 3.05) is 25.1 Å². The second-order valence-corrected chi connectivity index (χ2v) is 7.42. The summed E-state index contributed by atoms with van der Waals surface area (Å²) in [5.74, 6) is 2.05. The number of thiocarbonyl (C=S) groups is 1. The number of aliphatic hydroxyl groups is 1. The number of hydrogen-bond donors (Lipinski definition) is 3. The summed E-state index contributed by atoms with van der Waals surface area (Å²) in [6, 6.07) is 14.0. The molecule has 0 fully saturated rings. The highest BCUT2D eigenvalue weighted by atomic mass is 32.1. The van der Waals surface area contributed by atoms with Crippen molar-refractivity contribution in [1.29, 1.82) is 0 Å². The lowest BCUT2D eigenvalue weighted by atomic mass is 10.1. The average Bonchev–Trinajstić information content (AvgIpc) is 3.31. The molecule has 34 heavy (non-hydrogen) atoms. The second-order valence-electron chi connectivity index (χ2n) is 7.01. The molecule has 0 bridgehead atoms. The van der Waals surface area contributed by atoms with Crippen LogP contribution in [0.3, 0.4) is 0 Å². The number of benzene rings is 2. The number of carbonyl (C=O) groups is 1. The summed E-state index contributed by atoms with van der Waals surface area (Å²) in [5.41, 5.74) is 1.87. The van der Waals surface area contributed by atoms with Crippen molar-refractivity contribution in [3.8, 4) is 28.6 Å². The van der Waals surface area contributed by atoms with Crippen molar-refractivity contribution in [3.05, 3.63) is 59.9 Å². The average molecular weight is 485 g/mol. The predicted octanol–water partition coefficient (Wildman–Crippen LogP) is 4.76. The van der Waals surface area contributed by atoms with Gasteiger partial charge >= 0.3 is 0 Å². The molecule has 3 N–H and O–H groups in total. The first-order valence-electron chi connectivity index (χ1n) is 11.0. The molecule has 0 saturated carbocycles. The van der Waals surface area contributed by atoms with E-state index in [9.17, 15) is 4.79 Å². The van der Waals surface area contributed by atoms with E-state index in [1.807, 2.05) is 45.0 Å². The van der Waals surface area contributed by atoms with Crippen LogP contribution in [0, 0.1) is 0 Å². The van der Waals surface area contributed by atoms with Gasteiger partial charge in [0.05, 0.1) is 19.8 Å². The molecule has 0 atom stereocenters. The molecule has 3 rings (SSSR count). The standard InChI is InChI=1S/C25H28N2O6S/c1-4-30-21-13-17(14-22(31-5-2)23(21)32-6-3)24(29)27-25(34)26-18-9-7-16(8-10-18)20-12-11-19(15-28)33-20/h7-14,28H,4-6,15H2,1-3H3,(H2,26,27,29,34). The zero-order chi connectivity index (χ0) is 24.5. The van der Waals surface area contributed by atoms with Gasteiger partial charge in [0.2, 0.25) is 5.75 Å². The van der Waals surface area contributed by atoms with Gasteiger partial charge in [-0.25, -0.2) is 0 Å². The summed E-state index contributed by atoms with van der Waals surface area (Å²) in [6.45, 7) is 6.66. The van der Waals surface area contributed by atoms with Crippen LogP contribution in [-0.2, 0) is 6.61 Å². The van der Waals surface area contributed by atoms with Gasteiger partial charge in [-0.2, -0.15) is 0 Å². The number of carbonyl (C=O) groups excluding carboxylic acids is 1. The van der Waals surface area contributed by atoms with E-state index in [4.69, 9.17) is 36.0 Å². The summed E-state index contributed by atoms with van der Waals surface area (Å²) < 4.78 is 22.6. The van der Waals surface area contributed by atoms with Gasteiger partial charge in [-0.3, -0.25) is 10.1 Å². The van der Waals surface area contributed by atoms with Crippen molar-refractivity contribution in [2.45, 2.75) is 27.4 Å². The Hall–Kier alpha value is -3.56. The second kappa shape index (κ2) is 12.1. The molecule has 0 saturated heterocycles. The fourth-order valence-corrected chi connectivity index (χ4v) is 3.40. The summed E-state index contributed by atoms with van der Waals surface area (Å²) in [7, 11) is 0. The van der Waals surface area contributed by atoms with E-state index in [1.54, 1.807) is 24.3 Å². The minimum absolute atomic E-state index is 0.142. The van der Waals surface area contributed by atoms with Crippen molar-refractivity contribution in [2.24, 2.45) is 0 Å². The molecule has 0 aliphatic carbocycles. The van der Waals surface area contributed by atoms with E-state index in [-0.39, 0.29) is 11.7 Å². The van der Waals surface area contributed by atoms with Gasteiger partial charge < -0.3 is 29.1 Å². The molecule has 9 heteroatoms. The molecular weight excluding hydrogens is 456 g/mol. The number of rotatable bonds is 10. The molecule has 1 aromatic heterocycles. The zero-order valence-corrected chi connectivity index (χ0v) is 20.2. The Labute approximate surface area is 203 Å². The summed E-state index contributed by atoms with van der Waals surface area (Å²) in [6.07, 6.45) is 0. The Morgan fingerprint density at radius 1 is 0.941 bits per heavy atom. The SMILES string of the molecule is CCOc1cc(C(=O)NC(=S)Nc2ccc(-c3ccc(CO)o3)cc2)cc(OCC)c1OCC. The quantitative estimate of drug-likeness (QED) is 0.354. The number of aliphatic hydroxyl groups excluding tert-OH is 1. The van der Waals surface area contributed by atoms with Crippen LogP contribution in [0.15, 0.2) is 52.9 Å². The van der Waals surface area contributed by atoms with Crippen LogP contribution in [0.4, 0.5) is 5.69 Å². The smallest absolute Gasteiger partial charge is 0.257 e. The van der Waals surface area contributed by atoms with Gasteiger partial charge in [-0.05, 0) is 81.5 Å². The topological polar surface area (TPSA) is 102 Å². The monoisotopic (exact) mass is 484 g/mol.